The van der Waals surface area contributed by atoms with Crippen LogP contribution in [-0.4, -0.2) is 57.8 Å². The van der Waals surface area contributed by atoms with Gasteiger partial charge in [-0.3, -0.25) is 20.0 Å². The number of hydrogen-bond acceptors (Lipinski definition) is 5. The molecule has 4 fully saturated rings. The third-order valence-corrected chi connectivity index (χ3v) is 6.08. The average molecular weight is 371 g/mol. The molecule has 0 radical (unpaired) electrons. The van der Waals surface area contributed by atoms with E-state index in [-0.39, 0.29) is 29.8 Å². The molecule has 2 amide bonds. The Morgan fingerprint density at radius 3 is 2.93 bits per heavy atom. The molecule has 4 atom stereocenters. The van der Waals surface area contributed by atoms with Crippen LogP contribution in [0.3, 0.4) is 0 Å². The molecule has 2 N–H and O–H groups in total. The summed E-state index contributed by atoms with van der Waals surface area (Å²) in [6, 6.07) is 6.05. The molecule has 7 nitrogen and oxygen atoms in total. The summed E-state index contributed by atoms with van der Waals surface area (Å²) >= 11 is 0. The number of amides is 2. The van der Waals surface area contributed by atoms with E-state index < -0.39 is 0 Å². The Balaban J connectivity index is 1.44. The summed E-state index contributed by atoms with van der Waals surface area (Å²) in [6.07, 6.45) is 6.59. The van der Waals surface area contributed by atoms with Gasteiger partial charge in [0.25, 0.3) is 0 Å². The van der Waals surface area contributed by atoms with Crippen molar-refractivity contribution in [1.29, 1.82) is 0 Å². The molecule has 0 spiro atoms. The van der Waals surface area contributed by atoms with Gasteiger partial charge in [-0.15, -0.1) is 0 Å². The lowest BCUT2D eigenvalue weighted by molar-refractivity contribution is -0.140. The largest absolute Gasteiger partial charge is 0.338 e. The molecule has 5 heterocycles. The number of pyridine rings is 1. The summed E-state index contributed by atoms with van der Waals surface area (Å²) in [6.45, 7) is 3.86. The second-order valence-electron chi connectivity index (χ2n) is 8.02. The fourth-order valence-corrected chi connectivity index (χ4v) is 4.64. The van der Waals surface area contributed by atoms with Gasteiger partial charge in [0.2, 0.25) is 11.8 Å². The first-order valence-corrected chi connectivity index (χ1v) is 10.2. The number of aromatic nitrogens is 1. The number of carbonyl (C=O) groups is 2. The molecule has 0 saturated carbocycles. The summed E-state index contributed by atoms with van der Waals surface area (Å²) in [4.78, 5) is 34.3. The van der Waals surface area contributed by atoms with Crippen LogP contribution < -0.4 is 10.9 Å². The fourth-order valence-electron chi connectivity index (χ4n) is 4.64. The maximum Gasteiger partial charge on any atom is 0.241 e. The lowest BCUT2D eigenvalue weighted by Gasteiger charge is -2.35. The number of hydrazine groups is 1. The van der Waals surface area contributed by atoms with Crippen LogP contribution in [-0.2, 0) is 16.1 Å². The van der Waals surface area contributed by atoms with Crippen molar-refractivity contribution in [2.24, 2.45) is 5.92 Å². The second-order valence-corrected chi connectivity index (χ2v) is 8.02. The summed E-state index contributed by atoms with van der Waals surface area (Å²) in [5, 5.41) is 0. The number of nitrogens with one attached hydrogen (secondary N) is 2. The summed E-state index contributed by atoms with van der Waals surface area (Å²) in [5.41, 5.74) is 7.32. The first kappa shape index (κ1) is 18.4. The zero-order chi connectivity index (χ0) is 18.8. The van der Waals surface area contributed by atoms with Crippen molar-refractivity contribution in [3.8, 4) is 0 Å². The Bertz CT molecular complexity index is 682. The van der Waals surface area contributed by atoms with Crippen LogP contribution in [0.25, 0.3) is 0 Å². The highest BCUT2D eigenvalue weighted by molar-refractivity contribution is 5.85. The molecule has 27 heavy (non-hydrogen) atoms. The highest BCUT2D eigenvalue weighted by Crippen LogP contribution is 2.31. The zero-order valence-electron chi connectivity index (χ0n) is 15.9. The predicted molar refractivity (Wildman–Crippen MR) is 101 cm³/mol. The normalized spacial score (nSPS) is 30.6. The molecule has 146 valence electrons. The molecule has 4 aliphatic heterocycles. The third-order valence-electron chi connectivity index (χ3n) is 6.08. The van der Waals surface area contributed by atoms with Gasteiger partial charge in [0.15, 0.2) is 0 Å². The first-order valence-electron chi connectivity index (χ1n) is 10.2. The summed E-state index contributed by atoms with van der Waals surface area (Å²) in [7, 11) is 0. The Morgan fingerprint density at radius 1 is 1.26 bits per heavy atom. The van der Waals surface area contributed by atoms with Gasteiger partial charge in [0.05, 0.1) is 18.2 Å². The van der Waals surface area contributed by atoms with Gasteiger partial charge in [-0.25, -0.2) is 5.43 Å². The van der Waals surface area contributed by atoms with Gasteiger partial charge in [-0.05, 0) is 37.8 Å². The number of hydrogen-bond donors (Lipinski definition) is 2. The molecule has 4 aliphatic rings. The van der Waals surface area contributed by atoms with E-state index in [1.54, 1.807) is 6.20 Å². The quantitative estimate of drug-likeness (QED) is 0.810. The molecule has 1 aromatic rings. The van der Waals surface area contributed by atoms with Crippen molar-refractivity contribution in [1.82, 2.24) is 25.6 Å². The Labute approximate surface area is 160 Å². The first-order chi connectivity index (χ1) is 13.2. The number of fused-ring (bicyclic) bond motifs is 4. The third kappa shape index (κ3) is 3.84. The lowest BCUT2D eigenvalue weighted by Crippen LogP contribution is -2.49. The molecule has 2 bridgehead atoms. The van der Waals surface area contributed by atoms with Crippen molar-refractivity contribution in [2.75, 3.05) is 13.1 Å². The highest BCUT2D eigenvalue weighted by atomic mass is 16.2. The van der Waals surface area contributed by atoms with E-state index in [2.05, 4.69) is 22.8 Å². The number of piperidine rings is 1. The SMILES string of the molecule is CCCC1CC(C(=O)N2C[C@H]3CC[C@@H](C2)N(Cc2ccccn2)C3=O)NN1. The average Bonchev–Trinajstić information content (AvgIpc) is 2.98. The van der Waals surface area contributed by atoms with E-state index in [9.17, 15) is 9.59 Å². The minimum Gasteiger partial charge on any atom is -0.338 e. The number of nitrogens with zero attached hydrogens (tertiary/aromatic N) is 3. The van der Waals surface area contributed by atoms with Crippen molar-refractivity contribution in [2.45, 2.75) is 63.7 Å². The Morgan fingerprint density at radius 2 is 2.15 bits per heavy atom. The molecule has 5 rings (SSSR count). The summed E-state index contributed by atoms with van der Waals surface area (Å²) in [5.74, 6) is 0.219. The molecule has 4 saturated heterocycles. The van der Waals surface area contributed by atoms with Crippen LogP contribution in [0, 0.1) is 5.92 Å². The van der Waals surface area contributed by atoms with E-state index in [4.69, 9.17) is 0 Å². The second kappa shape index (κ2) is 7.94. The fraction of sp³-hybridized carbons (Fsp3) is 0.650. The van der Waals surface area contributed by atoms with Crippen molar-refractivity contribution in [3.05, 3.63) is 30.1 Å². The standard InChI is InChI=1S/C20H29N5O2/c1-2-5-15-10-18(23-22-15)20(27)24-11-14-7-8-17(13-24)25(19(14)26)12-16-6-3-4-9-21-16/h3-4,6,9,14-15,17-18,22-23H,2,5,7-8,10-13H2,1H3/t14-,15?,17+,18?/m1/s1. The zero-order valence-corrected chi connectivity index (χ0v) is 15.9. The number of rotatable bonds is 5. The van der Waals surface area contributed by atoms with Crippen LogP contribution in [0.2, 0.25) is 0 Å². The molecule has 0 aliphatic carbocycles. The topological polar surface area (TPSA) is 77.6 Å². The van der Waals surface area contributed by atoms with Crippen LogP contribution in [0.5, 0.6) is 0 Å². The van der Waals surface area contributed by atoms with E-state index in [0.717, 1.165) is 37.8 Å². The molecule has 0 aromatic carbocycles. The van der Waals surface area contributed by atoms with Gasteiger partial charge in [0, 0.05) is 31.4 Å². The monoisotopic (exact) mass is 371 g/mol. The van der Waals surface area contributed by atoms with Gasteiger partial charge in [0.1, 0.15) is 6.04 Å². The van der Waals surface area contributed by atoms with E-state index in [0.29, 0.717) is 25.7 Å². The molecular formula is C20H29N5O2. The van der Waals surface area contributed by atoms with Crippen molar-refractivity contribution >= 4 is 11.8 Å². The lowest BCUT2D eigenvalue weighted by atomic mass is 9.94. The van der Waals surface area contributed by atoms with Gasteiger partial charge in [-0.2, -0.15) is 0 Å². The number of carbonyl (C=O) groups excluding carboxylic acids is 2. The van der Waals surface area contributed by atoms with E-state index in [1.807, 2.05) is 28.0 Å². The van der Waals surface area contributed by atoms with Gasteiger partial charge in [-0.1, -0.05) is 19.4 Å². The molecular weight excluding hydrogens is 342 g/mol. The van der Waals surface area contributed by atoms with Crippen molar-refractivity contribution < 1.29 is 9.59 Å². The van der Waals surface area contributed by atoms with Gasteiger partial charge < -0.3 is 9.80 Å². The maximum absolute atomic E-state index is 13.1. The molecule has 7 heteroatoms. The highest BCUT2D eigenvalue weighted by Gasteiger charge is 2.43. The van der Waals surface area contributed by atoms with Crippen LogP contribution in [0.15, 0.2) is 24.4 Å². The Hall–Kier alpha value is -1.99. The van der Waals surface area contributed by atoms with E-state index in [1.165, 1.54) is 0 Å². The smallest absolute Gasteiger partial charge is 0.241 e. The molecule has 1 aromatic heterocycles. The Kier molecular flexibility index (Phi) is 5.41. The van der Waals surface area contributed by atoms with Crippen molar-refractivity contribution in [3.63, 3.8) is 0 Å². The maximum atomic E-state index is 13.1. The summed E-state index contributed by atoms with van der Waals surface area (Å²) < 4.78 is 0. The van der Waals surface area contributed by atoms with Crippen LogP contribution >= 0.6 is 0 Å². The van der Waals surface area contributed by atoms with Gasteiger partial charge >= 0.3 is 0 Å². The van der Waals surface area contributed by atoms with Crippen LogP contribution in [0.4, 0.5) is 0 Å². The molecule has 2 unspecified atom stereocenters. The van der Waals surface area contributed by atoms with Crippen LogP contribution in [0.1, 0.15) is 44.7 Å². The van der Waals surface area contributed by atoms with E-state index >= 15 is 0 Å². The minimum atomic E-state index is -0.182. The predicted octanol–water partition coefficient (Wildman–Crippen LogP) is 1.07. The minimum absolute atomic E-state index is 0.0859.